The second-order valence-corrected chi connectivity index (χ2v) is 16.0. The molecule has 0 atom stereocenters. The highest BCUT2D eigenvalue weighted by atomic mass is 15.1. The summed E-state index contributed by atoms with van der Waals surface area (Å²) in [6.45, 7) is 0. The van der Waals surface area contributed by atoms with E-state index in [0.29, 0.717) is 0 Å². The number of rotatable bonds is 7. The largest absolute Gasteiger partial charge is 0.310 e. The Morgan fingerprint density at radius 3 is 1.62 bits per heavy atom. The molecule has 0 saturated heterocycles. The van der Waals surface area contributed by atoms with Gasteiger partial charge in [-0.15, -0.1) is 0 Å². The van der Waals surface area contributed by atoms with E-state index in [-0.39, 0.29) is 0 Å². The maximum atomic E-state index is 2.53. The Balaban J connectivity index is 1.13. The molecule has 286 valence electrons. The summed E-state index contributed by atoms with van der Waals surface area (Å²) in [5.74, 6) is 0. The highest BCUT2D eigenvalue weighted by molar-refractivity contribution is 6.19. The quantitative estimate of drug-likeness (QED) is 0.156. The first-order chi connectivity index (χ1) is 30.3. The van der Waals surface area contributed by atoms with Gasteiger partial charge in [-0.05, 0) is 92.9 Å². The molecule has 0 spiro atoms. The fourth-order valence-corrected chi connectivity index (χ4v) is 10.3. The zero-order valence-electron chi connectivity index (χ0n) is 33.5. The van der Waals surface area contributed by atoms with Gasteiger partial charge in [0.15, 0.2) is 0 Å². The van der Waals surface area contributed by atoms with Crippen molar-refractivity contribution in [3.8, 4) is 27.9 Å². The first kappa shape index (κ1) is 35.0. The molecule has 1 aliphatic rings. The highest BCUT2D eigenvalue weighted by Gasteiger charge is 2.46. The molecule has 10 aromatic carbocycles. The van der Waals surface area contributed by atoms with Crippen LogP contribution in [0.25, 0.3) is 60.5 Å². The molecule has 12 rings (SSSR count). The molecular formula is C59H40N2. The van der Waals surface area contributed by atoms with Gasteiger partial charge in [-0.25, -0.2) is 0 Å². The van der Waals surface area contributed by atoms with Crippen LogP contribution in [0.1, 0.15) is 22.3 Å². The van der Waals surface area contributed by atoms with Crippen LogP contribution < -0.4 is 4.90 Å². The minimum absolute atomic E-state index is 0.458. The number of hydrogen-bond donors (Lipinski definition) is 0. The minimum Gasteiger partial charge on any atom is -0.310 e. The standard InChI is InChI=1S/C59H40N2/c1-5-20-43(21-6-1)59(44-22-7-2-8-23-44)54-31-17-15-30-50(54)53-40-47(35-38-55(53)59)61-57-39-42(34-36-51(57)52-37-33-41-19-13-14-29-49(41)58(52)61)48-28-16-18-32-56(48)60(45-24-9-3-10-25-45)46-26-11-4-12-27-46/h1-40H. The van der Waals surface area contributed by atoms with Crippen LogP contribution >= 0.6 is 0 Å². The Morgan fingerprint density at radius 2 is 0.918 bits per heavy atom. The third kappa shape index (κ3) is 5.36. The van der Waals surface area contributed by atoms with E-state index in [1.807, 2.05) is 0 Å². The van der Waals surface area contributed by atoms with Crippen molar-refractivity contribution in [3.63, 3.8) is 0 Å². The summed E-state index contributed by atoms with van der Waals surface area (Å²) in [5, 5.41) is 4.94. The molecule has 0 bridgehead atoms. The van der Waals surface area contributed by atoms with Crippen LogP contribution in [0.5, 0.6) is 0 Å². The number of nitrogens with zero attached hydrogens (tertiary/aromatic N) is 2. The number of benzene rings is 10. The van der Waals surface area contributed by atoms with E-state index < -0.39 is 5.41 Å². The van der Waals surface area contributed by atoms with Crippen LogP contribution in [0.15, 0.2) is 243 Å². The fraction of sp³-hybridized carbons (Fsp3) is 0.0169. The molecule has 0 fully saturated rings. The lowest BCUT2D eigenvalue weighted by atomic mass is 9.68. The van der Waals surface area contributed by atoms with Gasteiger partial charge in [0.05, 0.1) is 22.1 Å². The van der Waals surface area contributed by atoms with Crippen molar-refractivity contribution in [2.75, 3.05) is 4.90 Å². The third-order valence-electron chi connectivity index (χ3n) is 12.8. The lowest BCUT2D eigenvalue weighted by Gasteiger charge is -2.33. The average Bonchev–Trinajstić information content (AvgIpc) is 3.83. The van der Waals surface area contributed by atoms with Crippen molar-refractivity contribution in [1.82, 2.24) is 4.57 Å². The minimum atomic E-state index is -0.458. The van der Waals surface area contributed by atoms with E-state index in [9.17, 15) is 0 Å². The van der Waals surface area contributed by atoms with Crippen LogP contribution in [0.3, 0.4) is 0 Å². The molecule has 1 aliphatic carbocycles. The van der Waals surface area contributed by atoms with Crippen molar-refractivity contribution in [2.45, 2.75) is 5.41 Å². The normalized spacial score (nSPS) is 12.7. The number of aromatic nitrogens is 1. The van der Waals surface area contributed by atoms with Gasteiger partial charge in [0.25, 0.3) is 0 Å². The molecule has 2 nitrogen and oxygen atoms in total. The second-order valence-electron chi connectivity index (χ2n) is 16.0. The highest BCUT2D eigenvalue weighted by Crippen LogP contribution is 2.56. The van der Waals surface area contributed by atoms with Gasteiger partial charge in [-0.3, -0.25) is 0 Å². The summed E-state index contributed by atoms with van der Waals surface area (Å²) in [7, 11) is 0. The number of anilines is 3. The fourth-order valence-electron chi connectivity index (χ4n) is 10.3. The monoisotopic (exact) mass is 776 g/mol. The van der Waals surface area contributed by atoms with E-state index in [1.54, 1.807) is 0 Å². The Kier molecular flexibility index (Phi) is 8.11. The first-order valence-electron chi connectivity index (χ1n) is 21.1. The van der Waals surface area contributed by atoms with Gasteiger partial charge < -0.3 is 9.47 Å². The molecular weight excluding hydrogens is 737 g/mol. The molecule has 2 heteroatoms. The van der Waals surface area contributed by atoms with Gasteiger partial charge in [-0.2, -0.15) is 0 Å². The summed E-state index contributed by atoms with van der Waals surface area (Å²) < 4.78 is 2.53. The SMILES string of the molecule is c1ccc(N(c2ccccc2)c2ccccc2-c2ccc3c4ccc5ccccc5c4n(-c4ccc5c(c4)-c4ccccc4C5(c4ccccc4)c4ccccc4)c3c2)cc1. The topological polar surface area (TPSA) is 8.17 Å². The number of para-hydroxylation sites is 3. The summed E-state index contributed by atoms with van der Waals surface area (Å²) in [6.07, 6.45) is 0. The van der Waals surface area contributed by atoms with Crippen LogP contribution in [0, 0.1) is 0 Å². The molecule has 0 unspecified atom stereocenters. The van der Waals surface area contributed by atoms with E-state index in [1.165, 1.54) is 66.0 Å². The third-order valence-corrected chi connectivity index (χ3v) is 12.8. The van der Waals surface area contributed by atoms with Gasteiger partial charge in [0.2, 0.25) is 0 Å². The molecule has 0 aliphatic heterocycles. The maximum absolute atomic E-state index is 2.53. The van der Waals surface area contributed by atoms with Crippen molar-refractivity contribution in [1.29, 1.82) is 0 Å². The molecule has 1 aromatic heterocycles. The Labute approximate surface area is 355 Å². The van der Waals surface area contributed by atoms with E-state index in [0.717, 1.165) is 33.9 Å². The Hall–Kier alpha value is -7.94. The zero-order chi connectivity index (χ0) is 40.3. The lowest BCUT2D eigenvalue weighted by Crippen LogP contribution is -2.28. The number of fused-ring (bicyclic) bond motifs is 8. The zero-order valence-corrected chi connectivity index (χ0v) is 33.5. The van der Waals surface area contributed by atoms with E-state index in [2.05, 4.69) is 252 Å². The van der Waals surface area contributed by atoms with Crippen molar-refractivity contribution >= 4 is 49.6 Å². The van der Waals surface area contributed by atoms with Gasteiger partial charge in [-0.1, -0.05) is 194 Å². The lowest BCUT2D eigenvalue weighted by molar-refractivity contribution is 0.768. The van der Waals surface area contributed by atoms with Gasteiger partial charge in [0, 0.05) is 38.8 Å². The van der Waals surface area contributed by atoms with Crippen molar-refractivity contribution in [3.05, 3.63) is 265 Å². The molecule has 61 heavy (non-hydrogen) atoms. The summed E-state index contributed by atoms with van der Waals surface area (Å²) >= 11 is 0. The molecule has 0 amide bonds. The summed E-state index contributed by atoms with van der Waals surface area (Å²) in [4.78, 5) is 2.37. The van der Waals surface area contributed by atoms with E-state index >= 15 is 0 Å². The summed E-state index contributed by atoms with van der Waals surface area (Å²) in [5.41, 5.74) is 16.4. The number of hydrogen-bond acceptors (Lipinski definition) is 1. The Morgan fingerprint density at radius 1 is 0.361 bits per heavy atom. The molecule has 11 aromatic rings. The van der Waals surface area contributed by atoms with Crippen LogP contribution in [-0.2, 0) is 5.41 Å². The smallest absolute Gasteiger partial charge is 0.0713 e. The first-order valence-corrected chi connectivity index (χ1v) is 21.1. The van der Waals surface area contributed by atoms with Gasteiger partial charge >= 0.3 is 0 Å². The second kappa shape index (κ2) is 14.1. The molecule has 1 heterocycles. The van der Waals surface area contributed by atoms with Crippen LogP contribution in [0.2, 0.25) is 0 Å². The Bertz CT molecular complexity index is 3330. The van der Waals surface area contributed by atoms with Crippen molar-refractivity contribution < 1.29 is 0 Å². The summed E-state index contributed by atoms with van der Waals surface area (Å²) in [6, 6.07) is 89.0. The molecule has 0 radical (unpaired) electrons. The maximum Gasteiger partial charge on any atom is 0.0713 e. The molecule has 0 N–H and O–H groups in total. The predicted octanol–water partition coefficient (Wildman–Crippen LogP) is 15.4. The average molecular weight is 777 g/mol. The van der Waals surface area contributed by atoms with E-state index in [4.69, 9.17) is 0 Å². The molecule has 0 saturated carbocycles. The van der Waals surface area contributed by atoms with Crippen LogP contribution in [0.4, 0.5) is 17.1 Å². The van der Waals surface area contributed by atoms with Gasteiger partial charge in [0.1, 0.15) is 0 Å². The van der Waals surface area contributed by atoms with Crippen LogP contribution in [-0.4, -0.2) is 4.57 Å². The predicted molar refractivity (Wildman–Crippen MR) is 256 cm³/mol. The van der Waals surface area contributed by atoms with Crippen molar-refractivity contribution in [2.24, 2.45) is 0 Å².